The van der Waals surface area contributed by atoms with Gasteiger partial charge in [-0.1, -0.05) is 30.3 Å². The topological polar surface area (TPSA) is 116 Å². The zero-order valence-electron chi connectivity index (χ0n) is 22.4. The van der Waals surface area contributed by atoms with Gasteiger partial charge in [0.05, 0.1) is 11.0 Å². The summed E-state index contributed by atoms with van der Waals surface area (Å²) in [5.74, 6) is -1.80. The van der Waals surface area contributed by atoms with Crippen molar-refractivity contribution in [3.63, 3.8) is 0 Å². The molecule has 0 bridgehead atoms. The van der Waals surface area contributed by atoms with Crippen LogP contribution >= 0.6 is 0 Å². The number of halogens is 3. The molecular weight excluding hydrogens is 537 g/mol. The van der Waals surface area contributed by atoms with Crippen molar-refractivity contribution in [1.29, 1.82) is 0 Å². The Morgan fingerprint density at radius 3 is 2.31 bits per heavy atom. The third-order valence-corrected chi connectivity index (χ3v) is 7.93. The molecule has 218 valence electrons. The highest BCUT2D eigenvalue weighted by molar-refractivity contribution is 7.89. The third kappa shape index (κ3) is 11.9. The van der Waals surface area contributed by atoms with Crippen LogP contribution in [0.4, 0.5) is 13.2 Å². The summed E-state index contributed by atoms with van der Waals surface area (Å²) in [6.45, 7) is 3.79. The number of carboxylic acids is 1. The molecule has 0 spiro atoms. The largest absolute Gasteiger partial charge is 0.573 e. The predicted molar refractivity (Wildman–Crippen MR) is 141 cm³/mol. The van der Waals surface area contributed by atoms with Gasteiger partial charge >= 0.3 is 12.3 Å². The van der Waals surface area contributed by atoms with E-state index < -0.39 is 39.1 Å². The van der Waals surface area contributed by atoms with E-state index in [-0.39, 0.29) is 43.5 Å². The van der Waals surface area contributed by atoms with Crippen molar-refractivity contribution in [3.05, 3.63) is 59.7 Å². The molecule has 2 aromatic rings. The highest BCUT2D eigenvalue weighted by atomic mass is 32.2. The third-order valence-electron chi connectivity index (χ3n) is 6.13. The second-order valence-corrected chi connectivity index (χ2v) is 12.2. The summed E-state index contributed by atoms with van der Waals surface area (Å²) >= 11 is 0. The van der Waals surface area contributed by atoms with E-state index in [1.807, 2.05) is 32.0 Å². The number of carboxylic acid groups (broad SMARTS) is 1. The first-order valence-corrected chi connectivity index (χ1v) is 14.1. The Morgan fingerprint density at radius 2 is 1.69 bits per heavy atom. The Hall–Kier alpha value is -2.67. The summed E-state index contributed by atoms with van der Waals surface area (Å²) in [7, 11) is -3.07. The number of rotatable bonds is 16. The first-order chi connectivity index (χ1) is 18.1. The van der Waals surface area contributed by atoms with Gasteiger partial charge in [0.15, 0.2) is 0 Å². The van der Waals surface area contributed by atoms with Crippen LogP contribution in [-0.4, -0.2) is 67.0 Å². The van der Waals surface area contributed by atoms with Crippen molar-refractivity contribution in [2.45, 2.75) is 75.3 Å². The molecule has 0 saturated heterocycles. The van der Waals surface area contributed by atoms with Crippen molar-refractivity contribution in [1.82, 2.24) is 9.62 Å². The lowest BCUT2D eigenvalue weighted by Crippen LogP contribution is -2.46. The predicted octanol–water partition coefficient (Wildman–Crippen LogP) is 4.37. The second-order valence-electron chi connectivity index (χ2n) is 10.2. The molecule has 3 N–H and O–H groups in total. The fraction of sp³-hybridized carbons (Fsp3) is 0.519. The number of ether oxygens (including phenoxy) is 1. The molecule has 0 amide bonds. The van der Waals surface area contributed by atoms with Gasteiger partial charge in [0.1, 0.15) is 5.75 Å². The number of nitrogens with zero attached hydrogens (tertiary/aromatic N) is 1. The second kappa shape index (κ2) is 14.1. The van der Waals surface area contributed by atoms with E-state index in [1.54, 1.807) is 0 Å². The van der Waals surface area contributed by atoms with Crippen molar-refractivity contribution in [3.8, 4) is 5.75 Å². The highest BCUT2D eigenvalue weighted by Gasteiger charge is 2.32. The van der Waals surface area contributed by atoms with Crippen LogP contribution in [0.3, 0.4) is 0 Å². The molecule has 0 saturated carbocycles. The van der Waals surface area contributed by atoms with Crippen molar-refractivity contribution in [2.24, 2.45) is 0 Å². The number of carbonyl (C=O) groups is 1. The number of likely N-dealkylation sites (N-methyl/N-ethyl adjacent to an activating group) is 1. The van der Waals surface area contributed by atoms with Crippen LogP contribution in [0.2, 0.25) is 0 Å². The Balaban J connectivity index is 2.02. The fourth-order valence-electron chi connectivity index (χ4n) is 4.06. The molecule has 1 atom stereocenters. The summed E-state index contributed by atoms with van der Waals surface area (Å²) in [6.07, 6.45) is -3.56. The van der Waals surface area contributed by atoms with Crippen LogP contribution in [0.5, 0.6) is 5.75 Å². The Morgan fingerprint density at radius 1 is 1.05 bits per heavy atom. The Bertz CT molecular complexity index is 1170. The first-order valence-electron chi connectivity index (χ1n) is 12.6. The minimum Gasteiger partial charge on any atom is -0.481 e. The number of β-amino-alcohol motifs (C(OH)–C–C–N with tert-alkyl or cyclic N) is 1. The standard InChI is InChI=1S/C27H37F3N2O6S/c1-26(2,14-8-12-20-9-5-4-6-10-20)31-18-22(33)19-32(3)39(36,37)24-16-21(11-7-13-25(34)35)15-23(17-24)38-27(28,29)30/h4-6,9-10,15-17,22,31,33H,7-8,11-14,18-19H2,1-3H3,(H,34,35). The molecule has 0 aliphatic rings. The quantitative estimate of drug-likeness (QED) is 0.273. The molecule has 0 aliphatic carbocycles. The zero-order chi connectivity index (χ0) is 29.3. The smallest absolute Gasteiger partial charge is 0.481 e. The number of hydrogen-bond donors (Lipinski definition) is 3. The molecule has 12 heteroatoms. The normalized spacial score (nSPS) is 13.4. The first kappa shape index (κ1) is 32.5. The number of nitrogens with one attached hydrogen (secondary N) is 1. The highest BCUT2D eigenvalue weighted by Crippen LogP contribution is 2.29. The lowest BCUT2D eigenvalue weighted by atomic mass is 9.95. The minimum absolute atomic E-state index is 0.0412. The Labute approximate surface area is 227 Å². The molecular formula is C27H37F3N2O6S. The summed E-state index contributed by atoms with van der Waals surface area (Å²) in [5, 5.41) is 22.6. The van der Waals surface area contributed by atoms with Crippen LogP contribution in [0, 0.1) is 0 Å². The molecule has 0 aromatic heterocycles. The van der Waals surface area contributed by atoms with Gasteiger partial charge in [-0.15, -0.1) is 13.2 Å². The van der Waals surface area contributed by atoms with E-state index in [0.29, 0.717) is 0 Å². The summed E-state index contributed by atoms with van der Waals surface area (Å²) in [5.41, 5.74) is 1.10. The molecule has 8 nitrogen and oxygen atoms in total. The van der Waals surface area contributed by atoms with Gasteiger partial charge in [-0.05, 0) is 69.2 Å². The molecule has 2 rings (SSSR count). The minimum atomic E-state index is -5.04. The van der Waals surface area contributed by atoms with E-state index in [4.69, 9.17) is 5.11 Å². The monoisotopic (exact) mass is 574 g/mol. The van der Waals surface area contributed by atoms with E-state index >= 15 is 0 Å². The van der Waals surface area contributed by atoms with Gasteiger partial charge in [0.25, 0.3) is 0 Å². The van der Waals surface area contributed by atoms with Gasteiger partial charge in [-0.25, -0.2) is 8.42 Å². The van der Waals surface area contributed by atoms with Crippen LogP contribution in [0.15, 0.2) is 53.4 Å². The van der Waals surface area contributed by atoms with Crippen molar-refractivity contribution >= 4 is 16.0 Å². The number of aliphatic hydroxyl groups is 1. The number of hydrogen-bond acceptors (Lipinski definition) is 6. The van der Waals surface area contributed by atoms with Gasteiger partial charge < -0.3 is 20.3 Å². The van der Waals surface area contributed by atoms with Crippen LogP contribution in [0.1, 0.15) is 50.7 Å². The van der Waals surface area contributed by atoms with E-state index in [2.05, 4.69) is 22.2 Å². The van der Waals surface area contributed by atoms with E-state index in [1.165, 1.54) is 18.7 Å². The summed E-state index contributed by atoms with van der Waals surface area (Å²) in [4.78, 5) is 10.3. The molecule has 0 heterocycles. The summed E-state index contributed by atoms with van der Waals surface area (Å²) in [6, 6.07) is 13.0. The zero-order valence-corrected chi connectivity index (χ0v) is 23.2. The molecule has 0 aliphatic heterocycles. The molecule has 0 radical (unpaired) electrons. The van der Waals surface area contributed by atoms with Crippen molar-refractivity contribution < 1.29 is 41.3 Å². The maximum absolute atomic E-state index is 13.2. The maximum atomic E-state index is 13.2. The number of aliphatic hydroxyl groups excluding tert-OH is 1. The number of sulfonamides is 1. The Kier molecular flexibility index (Phi) is 11.8. The number of benzene rings is 2. The van der Waals surface area contributed by atoms with E-state index in [0.717, 1.165) is 35.7 Å². The molecule has 39 heavy (non-hydrogen) atoms. The van der Waals surface area contributed by atoms with Gasteiger partial charge in [-0.2, -0.15) is 4.31 Å². The maximum Gasteiger partial charge on any atom is 0.573 e. The van der Waals surface area contributed by atoms with Crippen molar-refractivity contribution in [2.75, 3.05) is 20.1 Å². The average molecular weight is 575 g/mol. The van der Waals surface area contributed by atoms with Crippen LogP contribution < -0.4 is 10.1 Å². The molecule has 1 unspecified atom stereocenters. The lowest BCUT2D eigenvalue weighted by Gasteiger charge is -2.29. The average Bonchev–Trinajstić information content (AvgIpc) is 2.82. The van der Waals surface area contributed by atoms with Gasteiger partial charge in [0.2, 0.25) is 10.0 Å². The molecule has 2 aromatic carbocycles. The summed E-state index contributed by atoms with van der Waals surface area (Å²) < 4.78 is 69.6. The van der Waals surface area contributed by atoms with E-state index in [9.17, 15) is 31.5 Å². The number of aliphatic carboxylic acids is 1. The fourth-order valence-corrected chi connectivity index (χ4v) is 5.35. The van der Waals surface area contributed by atoms with Crippen LogP contribution in [-0.2, 0) is 27.7 Å². The number of alkyl halides is 3. The lowest BCUT2D eigenvalue weighted by molar-refractivity contribution is -0.274. The van der Waals surface area contributed by atoms with Gasteiger partial charge in [0, 0.05) is 38.2 Å². The SMILES string of the molecule is CN(CC(O)CNC(C)(C)CCCc1ccccc1)S(=O)(=O)c1cc(CCCC(=O)O)cc(OC(F)(F)F)c1. The number of aryl methyl sites for hydroxylation is 2. The van der Waals surface area contributed by atoms with Gasteiger partial charge in [-0.3, -0.25) is 4.79 Å². The van der Waals surface area contributed by atoms with Crippen LogP contribution in [0.25, 0.3) is 0 Å². The molecule has 0 fully saturated rings.